The molecule has 32 heavy (non-hydrogen) atoms. The van der Waals surface area contributed by atoms with Gasteiger partial charge < -0.3 is 15.7 Å². The summed E-state index contributed by atoms with van der Waals surface area (Å²) in [7, 11) is -4.84. The molecule has 0 aliphatic carbocycles. The summed E-state index contributed by atoms with van der Waals surface area (Å²) in [5.41, 5.74) is 8.83. The summed E-state index contributed by atoms with van der Waals surface area (Å²) in [4.78, 5) is 23.5. The van der Waals surface area contributed by atoms with Gasteiger partial charge in [0.2, 0.25) is 5.78 Å². The Hall–Kier alpha value is -3.96. The highest BCUT2D eigenvalue weighted by Crippen LogP contribution is 2.32. The van der Waals surface area contributed by atoms with E-state index in [4.69, 9.17) is 5.73 Å². The molecule has 3 aromatic heterocycles. The molecule has 0 amide bonds. The van der Waals surface area contributed by atoms with Gasteiger partial charge in [0.1, 0.15) is 11.6 Å². The third-order valence-corrected chi connectivity index (χ3v) is 6.34. The number of imidazole rings is 1. The van der Waals surface area contributed by atoms with Crippen LogP contribution in [0.3, 0.4) is 0 Å². The van der Waals surface area contributed by atoms with Crippen LogP contribution in [-0.4, -0.2) is 43.5 Å². The van der Waals surface area contributed by atoms with Crippen LogP contribution in [-0.2, 0) is 10.1 Å². The van der Waals surface area contributed by atoms with Crippen molar-refractivity contribution in [2.75, 3.05) is 5.73 Å². The van der Waals surface area contributed by atoms with Crippen LogP contribution in [0.15, 0.2) is 54.7 Å². The van der Waals surface area contributed by atoms with E-state index < -0.39 is 21.2 Å². The largest absolute Gasteiger partial charge is 0.383 e. The number of aromatic amines is 2. The Bertz CT molecular complexity index is 1580. The summed E-state index contributed by atoms with van der Waals surface area (Å²) < 4.78 is 35.7. The number of hydrogen-bond donors (Lipinski definition) is 4. The molecule has 0 fully saturated rings. The van der Waals surface area contributed by atoms with Crippen LogP contribution in [0.2, 0.25) is 0 Å². The quantitative estimate of drug-likeness (QED) is 0.236. The van der Waals surface area contributed by atoms with Gasteiger partial charge in [-0.25, -0.2) is 9.67 Å². The van der Waals surface area contributed by atoms with E-state index in [-0.39, 0.29) is 17.1 Å². The maximum absolute atomic E-state index is 13.2. The predicted molar refractivity (Wildman–Crippen MR) is 119 cm³/mol. The molecule has 0 spiro atoms. The lowest BCUT2D eigenvalue weighted by molar-refractivity contribution is 0.0980. The summed E-state index contributed by atoms with van der Waals surface area (Å²) in [6.45, 7) is 1.83. The van der Waals surface area contributed by atoms with E-state index in [1.54, 1.807) is 42.5 Å². The van der Waals surface area contributed by atoms with Crippen molar-refractivity contribution in [2.45, 2.75) is 12.2 Å². The number of rotatable bonds is 5. The Morgan fingerprint density at radius 3 is 2.66 bits per heavy atom. The lowest BCUT2D eigenvalue weighted by atomic mass is 10.1. The third kappa shape index (κ3) is 3.24. The number of H-pyrrole nitrogens is 2. The number of nitrogen functional groups attached to an aromatic ring is 1. The number of aromatic nitrogens is 5. The van der Waals surface area contributed by atoms with Gasteiger partial charge in [-0.05, 0) is 37.3 Å². The molecule has 2 aromatic carbocycles. The summed E-state index contributed by atoms with van der Waals surface area (Å²) in [5.74, 6) is -0.177. The zero-order valence-electron chi connectivity index (χ0n) is 16.8. The Balaban J connectivity index is 1.60. The van der Waals surface area contributed by atoms with Crippen LogP contribution in [0.25, 0.3) is 27.6 Å². The van der Waals surface area contributed by atoms with Crippen LogP contribution in [0.4, 0.5) is 5.82 Å². The molecule has 11 heteroatoms. The molecule has 5 N–H and O–H groups in total. The summed E-state index contributed by atoms with van der Waals surface area (Å²) in [6, 6.07) is 13.9. The number of para-hydroxylation sites is 1. The minimum absolute atomic E-state index is 0.0373. The number of aryl methyl sites for hydroxylation is 1. The fourth-order valence-corrected chi connectivity index (χ4v) is 4.72. The maximum Gasteiger partial charge on any atom is 0.279 e. The standard InChI is InChI=1S/C21H18N6O4S/c1-11-24-16-7-6-13(9-17(16)25-11)27-21(22)14(10-23-27)20(32(29,30)31)19(28)18-8-12-4-2-3-5-15(12)26-18/h2-10,20,26H,22H2,1H3,(H,24,25)(H,29,30,31). The van der Waals surface area contributed by atoms with Crippen molar-refractivity contribution in [3.63, 3.8) is 0 Å². The van der Waals surface area contributed by atoms with Gasteiger partial charge in [0.25, 0.3) is 10.1 Å². The van der Waals surface area contributed by atoms with Gasteiger partial charge in [0, 0.05) is 16.5 Å². The van der Waals surface area contributed by atoms with Crippen LogP contribution in [0.5, 0.6) is 0 Å². The first-order valence-corrected chi connectivity index (χ1v) is 11.1. The number of hydrogen-bond acceptors (Lipinski definition) is 6. The van der Waals surface area contributed by atoms with Crippen molar-refractivity contribution in [1.29, 1.82) is 0 Å². The first-order chi connectivity index (χ1) is 15.2. The minimum Gasteiger partial charge on any atom is -0.383 e. The molecule has 0 saturated carbocycles. The highest BCUT2D eigenvalue weighted by atomic mass is 32.2. The van der Waals surface area contributed by atoms with Gasteiger partial charge in [-0.15, -0.1) is 0 Å². The third-order valence-electron chi connectivity index (χ3n) is 5.28. The molecule has 1 unspecified atom stereocenters. The smallest absolute Gasteiger partial charge is 0.279 e. The summed E-state index contributed by atoms with van der Waals surface area (Å²) >= 11 is 0. The number of nitrogens with zero attached hydrogens (tertiary/aromatic N) is 3. The maximum atomic E-state index is 13.2. The van der Waals surface area contributed by atoms with Crippen molar-refractivity contribution in [2.24, 2.45) is 0 Å². The van der Waals surface area contributed by atoms with E-state index in [9.17, 15) is 17.8 Å². The van der Waals surface area contributed by atoms with Gasteiger partial charge in [0.05, 0.1) is 28.6 Å². The first kappa shape index (κ1) is 20.0. The fourth-order valence-electron chi connectivity index (χ4n) is 3.82. The molecule has 0 saturated heterocycles. The lowest BCUT2D eigenvalue weighted by Crippen LogP contribution is -2.23. The van der Waals surface area contributed by atoms with E-state index in [0.29, 0.717) is 11.2 Å². The van der Waals surface area contributed by atoms with Crippen molar-refractivity contribution in [3.8, 4) is 5.69 Å². The predicted octanol–water partition coefficient (Wildman–Crippen LogP) is 2.93. The number of ketones is 1. The highest BCUT2D eigenvalue weighted by Gasteiger charge is 2.37. The Morgan fingerprint density at radius 1 is 1.12 bits per heavy atom. The molecule has 0 aliphatic heterocycles. The number of nitrogens with two attached hydrogens (primary N) is 1. The van der Waals surface area contributed by atoms with Crippen LogP contribution < -0.4 is 5.73 Å². The molecule has 5 aromatic rings. The van der Waals surface area contributed by atoms with Crippen LogP contribution >= 0.6 is 0 Å². The fraction of sp³-hybridized carbons (Fsp3) is 0.0952. The molecule has 162 valence electrons. The molecule has 3 heterocycles. The van der Waals surface area contributed by atoms with Crippen LogP contribution in [0, 0.1) is 6.92 Å². The summed E-state index contributed by atoms with van der Waals surface area (Å²) in [5, 5.41) is 2.98. The van der Waals surface area contributed by atoms with Gasteiger partial charge in [0.15, 0.2) is 5.25 Å². The van der Waals surface area contributed by atoms with Crippen molar-refractivity contribution in [1.82, 2.24) is 24.7 Å². The van der Waals surface area contributed by atoms with Crippen molar-refractivity contribution < 1.29 is 17.8 Å². The molecule has 0 radical (unpaired) electrons. The minimum atomic E-state index is -4.84. The molecule has 5 rings (SSSR count). The molecule has 0 aliphatic rings. The van der Waals surface area contributed by atoms with Crippen LogP contribution in [0.1, 0.15) is 27.1 Å². The Morgan fingerprint density at radius 2 is 1.91 bits per heavy atom. The van der Waals surface area contributed by atoms with E-state index in [0.717, 1.165) is 22.2 Å². The monoisotopic (exact) mass is 450 g/mol. The number of anilines is 1. The number of fused-ring (bicyclic) bond motifs is 2. The first-order valence-electron chi connectivity index (χ1n) is 9.61. The zero-order valence-corrected chi connectivity index (χ0v) is 17.6. The topological polar surface area (TPSA) is 160 Å². The lowest BCUT2D eigenvalue weighted by Gasteiger charge is -2.12. The van der Waals surface area contributed by atoms with Crippen molar-refractivity contribution >= 4 is 43.7 Å². The number of nitrogens with one attached hydrogen (secondary N) is 2. The number of carbonyl (C=O) groups is 1. The molecule has 10 nitrogen and oxygen atoms in total. The second-order valence-electron chi connectivity index (χ2n) is 7.45. The average molecular weight is 450 g/mol. The van der Waals surface area contributed by atoms with E-state index in [1.165, 1.54) is 16.9 Å². The SMILES string of the molecule is Cc1nc2ccc(-n3ncc(C(C(=O)c4cc5ccccc5[nH]4)S(=O)(=O)O)c3N)cc2[nH]1. The van der Waals surface area contributed by atoms with Gasteiger partial charge in [-0.1, -0.05) is 18.2 Å². The number of carbonyl (C=O) groups excluding carboxylic acids is 1. The Kier molecular flexibility index (Phi) is 4.39. The molecular weight excluding hydrogens is 432 g/mol. The van der Waals surface area contributed by atoms with Gasteiger partial charge >= 0.3 is 0 Å². The molecule has 0 bridgehead atoms. The van der Waals surface area contributed by atoms with E-state index in [1.807, 2.05) is 6.92 Å². The molecular formula is C21H18N6O4S. The Labute approximate surface area is 181 Å². The average Bonchev–Trinajstić information content (AvgIpc) is 3.42. The van der Waals surface area contributed by atoms with Crippen molar-refractivity contribution in [3.05, 3.63) is 71.8 Å². The van der Waals surface area contributed by atoms with E-state index in [2.05, 4.69) is 20.1 Å². The normalized spacial score (nSPS) is 13.1. The number of Topliss-reactive ketones (excluding diaryl/α,β-unsaturated/α-hetero) is 1. The zero-order chi connectivity index (χ0) is 22.6. The van der Waals surface area contributed by atoms with Gasteiger partial charge in [-0.2, -0.15) is 13.5 Å². The van der Waals surface area contributed by atoms with E-state index >= 15 is 0 Å². The number of benzene rings is 2. The second kappa shape index (κ2) is 7.04. The highest BCUT2D eigenvalue weighted by molar-refractivity contribution is 7.86. The molecule has 1 atom stereocenters. The summed E-state index contributed by atoms with van der Waals surface area (Å²) in [6.07, 6.45) is 1.18. The van der Waals surface area contributed by atoms with Gasteiger partial charge in [-0.3, -0.25) is 9.35 Å². The second-order valence-corrected chi connectivity index (χ2v) is 8.95.